The van der Waals surface area contributed by atoms with Gasteiger partial charge in [0.15, 0.2) is 0 Å². The van der Waals surface area contributed by atoms with Crippen LogP contribution in [-0.4, -0.2) is 220 Å². The fourth-order valence-electron chi connectivity index (χ4n) is 1.83. The van der Waals surface area contributed by atoms with Gasteiger partial charge in [-0.2, -0.15) is 0 Å². The van der Waals surface area contributed by atoms with Crippen LogP contribution in [0.4, 0.5) is 0 Å². The van der Waals surface area contributed by atoms with E-state index in [4.69, 9.17) is 33.1 Å². The molecule has 0 aliphatic rings. The summed E-state index contributed by atoms with van der Waals surface area (Å²) in [5.74, 6) is -10.1. The van der Waals surface area contributed by atoms with E-state index >= 15 is 0 Å². The summed E-state index contributed by atoms with van der Waals surface area (Å²) >= 11 is 0. The molecule has 0 heterocycles. The van der Waals surface area contributed by atoms with E-state index < -0.39 is 97.3 Å². The van der Waals surface area contributed by atoms with Crippen LogP contribution in [0.15, 0.2) is 0 Å². The molecular formula is C24H44CaN12O20Zn-4. The van der Waals surface area contributed by atoms with Crippen molar-refractivity contribution in [2.45, 2.75) is 0 Å². The molecule has 0 radical (unpaired) electrons. The maximum Gasteiger partial charge on any atom is 2.00 e. The number of carbonyl (C=O) groups excluding carboxylic acids is 10. The minimum atomic E-state index is -1.45. The van der Waals surface area contributed by atoms with Crippen molar-refractivity contribution in [3.63, 3.8) is 0 Å². The van der Waals surface area contributed by atoms with E-state index in [1.165, 1.54) is 0 Å². The molecule has 0 bridgehead atoms. The van der Waals surface area contributed by atoms with Gasteiger partial charge in [0, 0.05) is 11.9 Å². The minimum absolute atomic E-state index is 0. The summed E-state index contributed by atoms with van der Waals surface area (Å²) in [5.41, 5.74) is 19.7. The summed E-state index contributed by atoms with van der Waals surface area (Å²) in [6, 6.07) is 0. The standard InChI is InChI=1S/4C6H11N3O4.Ca.4H2O.Zn/c4*7-1-4(10)8-2-5(11)9-3-6(12)13;;;;;;/h4*1-3,7H2,(H3,8,9,10,11,12,13);;4*1H2;/q;;;;+2;;;;;+2/p-8. The Morgan fingerprint density at radius 1 is 0.431 bits per heavy atom. The Bertz CT molecular complexity index is 1070. The largest absolute Gasteiger partial charge is 2.00 e. The molecule has 8 amide bonds. The van der Waals surface area contributed by atoms with E-state index in [0.29, 0.717) is 0 Å². The molecule has 0 aromatic carbocycles. The molecule has 0 spiro atoms. The average molecular weight is 926 g/mol. The molecule has 0 fully saturated rings. The van der Waals surface area contributed by atoms with Crippen molar-refractivity contribution in [2.24, 2.45) is 22.9 Å². The molecule has 0 saturated carbocycles. The number of aliphatic carboxylic acids is 4. The zero-order chi connectivity index (χ0) is 41.1. The van der Waals surface area contributed by atoms with Crippen LogP contribution in [0.3, 0.4) is 0 Å². The molecule has 0 aliphatic carbocycles. The predicted molar refractivity (Wildman–Crippen MR) is 183 cm³/mol. The van der Waals surface area contributed by atoms with Gasteiger partial charge in [0.05, 0.1) is 76.0 Å². The zero-order valence-corrected chi connectivity index (χ0v) is 35.7. The van der Waals surface area contributed by atoms with Gasteiger partial charge in [-0.1, -0.05) is 13.1 Å². The fourth-order valence-corrected chi connectivity index (χ4v) is 1.83. The first-order valence-corrected chi connectivity index (χ1v) is 13.8. The van der Waals surface area contributed by atoms with Gasteiger partial charge in [0.25, 0.3) is 11.9 Å². The Balaban J connectivity index is -0.0000000640. The Hall–Kier alpha value is -4.80. The Labute approximate surface area is 370 Å². The SMILES string of the molecule is NCC(=O)NCC(=O)[N-]CC(=O)O.NCC(=O)NCC(=O)[N-]CC(=O)O.NCC(=O)NCC(=O)[N-]CC(=O)[O-].NCC(=O)NCC(=O)[N-]CC(=O)[O-].O.O.[Ca+2].[OH-].[OH-].[Zn+2]. The van der Waals surface area contributed by atoms with E-state index in [-0.39, 0.29) is 131 Å². The van der Waals surface area contributed by atoms with Gasteiger partial charge in [-0.05, 0) is 13.1 Å². The molecule has 328 valence electrons. The number of nitrogens with two attached hydrogens (primary N) is 4. The topological polar surface area (TPSA) is 623 Å². The van der Waals surface area contributed by atoms with Gasteiger partial charge in [-0.15, -0.1) is 0 Å². The van der Waals surface area contributed by atoms with Crippen molar-refractivity contribution in [2.75, 3.05) is 78.5 Å². The summed E-state index contributed by atoms with van der Waals surface area (Å²) in [5, 5.41) is 56.9. The van der Waals surface area contributed by atoms with Crippen LogP contribution in [0.25, 0.3) is 21.3 Å². The molecule has 34 heteroatoms. The van der Waals surface area contributed by atoms with Crippen LogP contribution in [0.1, 0.15) is 0 Å². The van der Waals surface area contributed by atoms with E-state index in [1.807, 2.05) is 0 Å². The van der Waals surface area contributed by atoms with Gasteiger partial charge in [0.2, 0.25) is 23.6 Å². The molecule has 58 heavy (non-hydrogen) atoms. The normalized spacial score (nSPS) is 8.07. The van der Waals surface area contributed by atoms with Gasteiger partial charge >= 0.3 is 57.2 Å². The van der Waals surface area contributed by atoms with Crippen LogP contribution in [0.2, 0.25) is 0 Å². The third kappa shape index (κ3) is 69.1. The molecule has 0 atom stereocenters. The second-order valence-corrected chi connectivity index (χ2v) is 8.29. The molecule has 0 aromatic rings. The Kier molecular flexibility index (Phi) is 69.9. The number of hydrogen-bond acceptors (Lipinski definition) is 20. The first-order valence-electron chi connectivity index (χ1n) is 13.8. The van der Waals surface area contributed by atoms with Gasteiger partial charge in [0.1, 0.15) is 0 Å². The summed E-state index contributed by atoms with van der Waals surface area (Å²) in [7, 11) is 0. The van der Waals surface area contributed by atoms with Crippen LogP contribution < -0.4 is 54.4 Å². The van der Waals surface area contributed by atoms with Crippen molar-refractivity contribution in [3.05, 3.63) is 21.3 Å². The molecule has 32 nitrogen and oxygen atoms in total. The van der Waals surface area contributed by atoms with Crippen LogP contribution in [0, 0.1) is 0 Å². The van der Waals surface area contributed by atoms with E-state index in [9.17, 15) is 67.7 Å². The first kappa shape index (κ1) is 77.7. The minimum Gasteiger partial charge on any atom is -0.870 e. The molecule has 0 aromatic heterocycles. The molecule has 20 N–H and O–H groups in total. The van der Waals surface area contributed by atoms with E-state index in [1.54, 1.807) is 0 Å². The third-order valence-electron chi connectivity index (χ3n) is 4.04. The van der Waals surface area contributed by atoms with Crippen molar-refractivity contribution in [1.29, 1.82) is 0 Å². The van der Waals surface area contributed by atoms with Crippen LogP contribution >= 0.6 is 0 Å². The maximum atomic E-state index is 10.7. The average Bonchev–Trinajstić information content (AvgIpc) is 3.10. The van der Waals surface area contributed by atoms with Crippen LogP contribution in [-0.2, 0) is 77.0 Å². The second kappa shape index (κ2) is 52.2. The zero-order valence-electron chi connectivity index (χ0n) is 30.5. The second-order valence-electron chi connectivity index (χ2n) is 8.29. The molecule has 0 aliphatic heterocycles. The van der Waals surface area contributed by atoms with Gasteiger partial charge in [-0.25, -0.2) is 0 Å². The summed E-state index contributed by atoms with van der Waals surface area (Å²) in [6.45, 7) is -4.78. The molecule has 0 rings (SSSR count). The number of carbonyl (C=O) groups is 12. The quantitative estimate of drug-likeness (QED) is 0.0507. The number of carboxylic acid groups (broad SMARTS) is 4. The summed E-state index contributed by atoms with van der Waals surface area (Å²) < 4.78 is 0. The number of amides is 8. The van der Waals surface area contributed by atoms with Crippen LogP contribution in [0.5, 0.6) is 0 Å². The van der Waals surface area contributed by atoms with Crippen molar-refractivity contribution < 1.29 is 119 Å². The smallest absolute Gasteiger partial charge is 0.870 e. The number of nitrogens with zero attached hydrogens (tertiary/aromatic N) is 4. The predicted octanol–water partition coefficient (Wildman–Crippen LogP) is -12.9. The Morgan fingerprint density at radius 3 is 0.741 bits per heavy atom. The fraction of sp³-hybridized carbons (Fsp3) is 0.500. The Morgan fingerprint density at radius 2 is 0.603 bits per heavy atom. The van der Waals surface area contributed by atoms with Crippen molar-refractivity contribution >= 4 is 109 Å². The third-order valence-corrected chi connectivity index (χ3v) is 4.04. The molecule has 0 unspecified atom stereocenters. The number of carboxylic acids is 4. The van der Waals surface area contributed by atoms with E-state index in [2.05, 4.69) is 42.5 Å². The van der Waals surface area contributed by atoms with Gasteiger partial charge in [-0.3, -0.25) is 28.8 Å². The number of nitrogens with one attached hydrogen (secondary N) is 4. The van der Waals surface area contributed by atoms with Crippen molar-refractivity contribution in [3.8, 4) is 0 Å². The summed E-state index contributed by atoms with van der Waals surface area (Å²) in [6.07, 6.45) is 0. The maximum absolute atomic E-state index is 10.7. The number of rotatable bonds is 20. The summed E-state index contributed by atoms with van der Waals surface area (Å²) in [4.78, 5) is 124. The monoisotopic (exact) mass is 924 g/mol. The molecule has 0 saturated heterocycles. The first-order chi connectivity index (χ1) is 24.2. The molecular weight excluding hydrogens is 882 g/mol. The van der Waals surface area contributed by atoms with Gasteiger partial charge < -0.3 is 137 Å². The van der Waals surface area contributed by atoms with Crippen molar-refractivity contribution in [1.82, 2.24) is 21.3 Å². The van der Waals surface area contributed by atoms with E-state index in [0.717, 1.165) is 0 Å². The number of hydrogen-bond donors (Lipinski definition) is 10.